The number of ether oxygens (including phenoxy) is 2. The zero-order valence-electron chi connectivity index (χ0n) is 9.67. The standard InChI is InChI=1S/C11H15NO4.ClH/c1-15-9-5-3-4-7(11(9)16-2)8(12)6-10(13)14;/h3-5,8H,6,12H2,1-2H3,(H,13,14);1H/t8-;/m0./s1. The lowest BCUT2D eigenvalue weighted by atomic mass is 10.0. The van der Waals surface area contributed by atoms with Crippen LogP contribution in [0.4, 0.5) is 0 Å². The van der Waals surface area contributed by atoms with E-state index in [0.717, 1.165) is 0 Å². The number of halogens is 1. The molecule has 17 heavy (non-hydrogen) atoms. The molecule has 0 bridgehead atoms. The molecule has 0 aliphatic heterocycles. The lowest BCUT2D eigenvalue weighted by molar-refractivity contribution is -0.137. The fourth-order valence-corrected chi connectivity index (χ4v) is 1.50. The van der Waals surface area contributed by atoms with Gasteiger partial charge in [0, 0.05) is 11.6 Å². The number of carboxylic acids is 1. The van der Waals surface area contributed by atoms with Crippen LogP contribution in [-0.2, 0) is 4.79 Å². The van der Waals surface area contributed by atoms with Crippen molar-refractivity contribution in [1.29, 1.82) is 0 Å². The summed E-state index contributed by atoms with van der Waals surface area (Å²) < 4.78 is 10.3. The Morgan fingerprint density at radius 1 is 1.41 bits per heavy atom. The first-order chi connectivity index (χ1) is 7.60. The first-order valence-electron chi connectivity index (χ1n) is 4.78. The van der Waals surface area contributed by atoms with Gasteiger partial charge in [-0.2, -0.15) is 0 Å². The summed E-state index contributed by atoms with van der Waals surface area (Å²) in [6.07, 6.45) is -0.149. The summed E-state index contributed by atoms with van der Waals surface area (Å²) >= 11 is 0. The molecule has 6 heteroatoms. The molecule has 0 radical (unpaired) electrons. The van der Waals surface area contributed by atoms with E-state index in [-0.39, 0.29) is 18.8 Å². The van der Waals surface area contributed by atoms with Crippen LogP contribution in [0.3, 0.4) is 0 Å². The van der Waals surface area contributed by atoms with Crippen molar-refractivity contribution in [3.63, 3.8) is 0 Å². The van der Waals surface area contributed by atoms with Crippen LogP contribution in [0.1, 0.15) is 18.0 Å². The predicted molar refractivity (Wildman–Crippen MR) is 66.0 cm³/mol. The third kappa shape index (κ3) is 3.80. The maximum atomic E-state index is 10.6. The van der Waals surface area contributed by atoms with Gasteiger partial charge >= 0.3 is 5.97 Å². The van der Waals surface area contributed by atoms with Crippen LogP contribution in [0.15, 0.2) is 18.2 Å². The molecule has 0 saturated carbocycles. The van der Waals surface area contributed by atoms with Crippen LogP contribution in [0.5, 0.6) is 11.5 Å². The summed E-state index contributed by atoms with van der Waals surface area (Å²) in [5.74, 6) is 0.0805. The van der Waals surface area contributed by atoms with Gasteiger partial charge in [0.2, 0.25) is 0 Å². The van der Waals surface area contributed by atoms with Crippen molar-refractivity contribution < 1.29 is 19.4 Å². The third-order valence-corrected chi connectivity index (χ3v) is 2.23. The van der Waals surface area contributed by atoms with Gasteiger partial charge in [0.15, 0.2) is 11.5 Å². The Balaban J connectivity index is 0.00000256. The molecule has 3 N–H and O–H groups in total. The predicted octanol–water partition coefficient (Wildman–Crippen LogP) is 1.60. The number of para-hydroxylation sites is 1. The molecule has 0 spiro atoms. The number of hydrogen-bond donors (Lipinski definition) is 2. The number of benzene rings is 1. The average Bonchev–Trinajstić information content (AvgIpc) is 2.26. The molecule has 0 saturated heterocycles. The maximum absolute atomic E-state index is 10.6. The van der Waals surface area contributed by atoms with Crippen molar-refractivity contribution in [3.8, 4) is 11.5 Å². The number of hydrogen-bond acceptors (Lipinski definition) is 4. The fraction of sp³-hybridized carbons (Fsp3) is 0.364. The van der Waals surface area contributed by atoms with Gasteiger partial charge in [-0.1, -0.05) is 12.1 Å². The van der Waals surface area contributed by atoms with Crippen molar-refractivity contribution in [2.75, 3.05) is 14.2 Å². The highest BCUT2D eigenvalue weighted by molar-refractivity contribution is 5.85. The van der Waals surface area contributed by atoms with Crippen LogP contribution in [0, 0.1) is 0 Å². The molecule has 1 rings (SSSR count). The molecule has 5 nitrogen and oxygen atoms in total. The summed E-state index contributed by atoms with van der Waals surface area (Å²) in [5, 5.41) is 8.68. The molecule has 0 aliphatic carbocycles. The lowest BCUT2D eigenvalue weighted by Gasteiger charge is -2.16. The summed E-state index contributed by atoms with van der Waals surface area (Å²) in [6.45, 7) is 0. The molecular weight excluding hydrogens is 246 g/mol. The maximum Gasteiger partial charge on any atom is 0.305 e. The topological polar surface area (TPSA) is 81.8 Å². The number of carboxylic acid groups (broad SMARTS) is 1. The van der Waals surface area contributed by atoms with E-state index in [1.165, 1.54) is 14.2 Å². The Bertz CT molecular complexity index is 384. The van der Waals surface area contributed by atoms with Gasteiger partial charge in [0.1, 0.15) is 0 Å². The normalized spacial score (nSPS) is 11.2. The van der Waals surface area contributed by atoms with Gasteiger partial charge in [-0.25, -0.2) is 0 Å². The van der Waals surface area contributed by atoms with E-state index in [2.05, 4.69) is 0 Å². The molecule has 0 fully saturated rings. The Kier molecular flexibility index (Phi) is 6.38. The quantitative estimate of drug-likeness (QED) is 0.841. The second-order valence-corrected chi connectivity index (χ2v) is 3.29. The van der Waals surface area contributed by atoms with Gasteiger partial charge in [0.25, 0.3) is 0 Å². The number of aliphatic carboxylic acids is 1. The van der Waals surface area contributed by atoms with E-state index < -0.39 is 12.0 Å². The molecule has 0 unspecified atom stereocenters. The number of nitrogens with two attached hydrogens (primary N) is 1. The van der Waals surface area contributed by atoms with Crippen LogP contribution in [0.2, 0.25) is 0 Å². The first-order valence-corrected chi connectivity index (χ1v) is 4.78. The SMILES string of the molecule is COc1cccc([C@@H](N)CC(=O)O)c1OC.Cl. The van der Waals surface area contributed by atoms with E-state index in [4.69, 9.17) is 20.3 Å². The van der Waals surface area contributed by atoms with Crippen molar-refractivity contribution >= 4 is 18.4 Å². The Labute approximate surface area is 106 Å². The largest absolute Gasteiger partial charge is 0.493 e. The molecule has 96 valence electrons. The number of carbonyl (C=O) groups is 1. The molecule has 1 atom stereocenters. The minimum atomic E-state index is -0.947. The monoisotopic (exact) mass is 261 g/mol. The van der Waals surface area contributed by atoms with Crippen molar-refractivity contribution in [2.24, 2.45) is 5.73 Å². The lowest BCUT2D eigenvalue weighted by Crippen LogP contribution is -2.16. The van der Waals surface area contributed by atoms with Crippen molar-refractivity contribution in [3.05, 3.63) is 23.8 Å². The fourth-order valence-electron chi connectivity index (χ4n) is 1.50. The highest BCUT2D eigenvalue weighted by Crippen LogP contribution is 2.34. The second-order valence-electron chi connectivity index (χ2n) is 3.29. The summed E-state index contributed by atoms with van der Waals surface area (Å²) in [7, 11) is 3.01. The average molecular weight is 262 g/mol. The van der Waals surface area contributed by atoms with Crippen LogP contribution in [-0.4, -0.2) is 25.3 Å². The Hall–Kier alpha value is -1.46. The van der Waals surface area contributed by atoms with Crippen LogP contribution in [0.25, 0.3) is 0 Å². The molecule has 1 aromatic rings. The third-order valence-electron chi connectivity index (χ3n) is 2.23. The van der Waals surface area contributed by atoms with E-state index in [1.807, 2.05) is 0 Å². The minimum absolute atomic E-state index is 0. The highest BCUT2D eigenvalue weighted by Gasteiger charge is 2.17. The molecule has 0 aliphatic rings. The van der Waals surface area contributed by atoms with E-state index in [1.54, 1.807) is 18.2 Å². The molecule has 0 heterocycles. The van der Waals surface area contributed by atoms with Gasteiger partial charge in [-0.15, -0.1) is 12.4 Å². The molecule has 0 amide bonds. The summed E-state index contributed by atoms with van der Waals surface area (Å²) in [4.78, 5) is 10.6. The minimum Gasteiger partial charge on any atom is -0.493 e. The van der Waals surface area contributed by atoms with Crippen molar-refractivity contribution in [1.82, 2.24) is 0 Å². The summed E-state index contributed by atoms with van der Waals surface area (Å²) in [5.41, 5.74) is 6.41. The van der Waals surface area contributed by atoms with Gasteiger partial charge in [0.05, 0.1) is 20.6 Å². The van der Waals surface area contributed by atoms with Crippen LogP contribution < -0.4 is 15.2 Å². The highest BCUT2D eigenvalue weighted by atomic mass is 35.5. The van der Waals surface area contributed by atoms with E-state index in [9.17, 15) is 4.79 Å². The molecule has 1 aromatic carbocycles. The van der Waals surface area contributed by atoms with Crippen molar-refractivity contribution in [2.45, 2.75) is 12.5 Å². The second kappa shape index (κ2) is 6.98. The summed E-state index contributed by atoms with van der Waals surface area (Å²) in [6, 6.07) is 4.60. The molecular formula is C11H16ClNO4. The molecule has 0 aromatic heterocycles. The Morgan fingerprint density at radius 2 is 2.06 bits per heavy atom. The number of methoxy groups -OCH3 is 2. The van der Waals surface area contributed by atoms with E-state index in [0.29, 0.717) is 17.1 Å². The number of rotatable bonds is 5. The van der Waals surface area contributed by atoms with Crippen LogP contribution >= 0.6 is 12.4 Å². The smallest absolute Gasteiger partial charge is 0.305 e. The van der Waals surface area contributed by atoms with Gasteiger partial charge in [-0.3, -0.25) is 4.79 Å². The Morgan fingerprint density at radius 3 is 2.53 bits per heavy atom. The zero-order valence-corrected chi connectivity index (χ0v) is 10.5. The zero-order chi connectivity index (χ0) is 12.1. The van der Waals surface area contributed by atoms with Gasteiger partial charge < -0.3 is 20.3 Å². The van der Waals surface area contributed by atoms with Gasteiger partial charge in [-0.05, 0) is 6.07 Å². The van der Waals surface area contributed by atoms with E-state index >= 15 is 0 Å². The first kappa shape index (κ1) is 15.5.